The zero-order valence-electron chi connectivity index (χ0n) is 11.3. The van der Waals surface area contributed by atoms with E-state index in [4.69, 9.17) is 22.3 Å². The van der Waals surface area contributed by atoms with Gasteiger partial charge in [0.2, 0.25) is 0 Å². The molecule has 1 unspecified atom stereocenters. The number of aryl methyl sites for hydroxylation is 1. The number of aromatic nitrogens is 2. The predicted octanol–water partition coefficient (Wildman–Crippen LogP) is 3.55. The zero-order valence-corrected chi connectivity index (χ0v) is 12.0. The Morgan fingerprint density at radius 2 is 2.26 bits per heavy atom. The third kappa shape index (κ3) is 2.49. The number of hydrogen-bond acceptors (Lipinski definition) is 2. The van der Waals surface area contributed by atoms with Crippen molar-refractivity contribution in [1.29, 1.82) is 0 Å². The quantitative estimate of drug-likeness (QED) is 0.908. The topological polar surface area (TPSA) is 43.8 Å². The van der Waals surface area contributed by atoms with Gasteiger partial charge in [0.15, 0.2) is 0 Å². The highest BCUT2D eigenvalue weighted by Crippen LogP contribution is 2.40. The number of nitrogens with two attached hydrogens (primary N) is 1. The van der Waals surface area contributed by atoms with Gasteiger partial charge in [-0.15, -0.1) is 0 Å². The van der Waals surface area contributed by atoms with E-state index in [1.807, 2.05) is 12.1 Å². The molecule has 1 aliphatic carbocycles. The van der Waals surface area contributed by atoms with Crippen molar-refractivity contribution in [3.63, 3.8) is 0 Å². The first-order chi connectivity index (χ1) is 9.20. The van der Waals surface area contributed by atoms with Crippen molar-refractivity contribution in [3.05, 3.63) is 29.0 Å². The average Bonchev–Trinajstić information content (AvgIpc) is 3.17. The second-order valence-electron chi connectivity index (χ2n) is 5.62. The van der Waals surface area contributed by atoms with E-state index in [0.717, 1.165) is 35.4 Å². The molecule has 2 N–H and O–H groups in total. The molecule has 1 saturated carbocycles. The molecule has 4 heteroatoms. The molecule has 3 rings (SSSR count). The predicted molar refractivity (Wildman–Crippen MR) is 79.6 cm³/mol. The first-order valence-electron chi connectivity index (χ1n) is 7.06. The molecule has 0 aliphatic heterocycles. The highest BCUT2D eigenvalue weighted by Gasteiger charge is 2.28. The van der Waals surface area contributed by atoms with Crippen LogP contribution in [0, 0.1) is 5.92 Å². The Balaban J connectivity index is 1.99. The smallest absolute Gasteiger partial charge is 0.110 e. The first-order valence-corrected chi connectivity index (χ1v) is 7.44. The molecular formula is C15H20ClN3. The van der Waals surface area contributed by atoms with Crippen LogP contribution in [-0.4, -0.2) is 16.1 Å². The van der Waals surface area contributed by atoms with E-state index < -0.39 is 0 Å². The van der Waals surface area contributed by atoms with Crippen LogP contribution in [0.3, 0.4) is 0 Å². The van der Waals surface area contributed by atoms with Gasteiger partial charge in [0.05, 0.1) is 16.1 Å². The Morgan fingerprint density at radius 1 is 1.47 bits per heavy atom. The summed E-state index contributed by atoms with van der Waals surface area (Å²) in [6, 6.07) is 6.58. The first kappa shape index (κ1) is 12.9. The maximum Gasteiger partial charge on any atom is 0.110 e. The van der Waals surface area contributed by atoms with E-state index in [0.29, 0.717) is 12.0 Å². The molecule has 3 nitrogen and oxygen atoms in total. The van der Waals surface area contributed by atoms with Gasteiger partial charge in [0, 0.05) is 12.5 Å². The number of rotatable bonds is 5. The van der Waals surface area contributed by atoms with Crippen molar-refractivity contribution < 1.29 is 0 Å². The van der Waals surface area contributed by atoms with Gasteiger partial charge in [0.1, 0.15) is 5.82 Å². The van der Waals surface area contributed by atoms with E-state index >= 15 is 0 Å². The summed E-state index contributed by atoms with van der Waals surface area (Å²) in [6.07, 6.45) is 4.57. The fourth-order valence-corrected chi connectivity index (χ4v) is 2.81. The van der Waals surface area contributed by atoms with Crippen LogP contribution < -0.4 is 5.73 Å². The Morgan fingerprint density at radius 3 is 2.95 bits per heavy atom. The number of para-hydroxylation sites is 1. The summed E-state index contributed by atoms with van der Waals surface area (Å²) in [5.41, 5.74) is 7.83. The molecule has 0 spiro atoms. The summed E-state index contributed by atoms with van der Waals surface area (Å²) in [6.45, 7) is 2.93. The summed E-state index contributed by atoms with van der Waals surface area (Å²) < 4.78 is 2.36. The number of hydrogen-bond donors (Lipinski definition) is 1. The lowest BCUT2D eigenvalue weighted by Crippen LogP contribution is -2.12. The van der Waals surface area contributed by atoms with E-state index in [9.17, 15) is 0 Å². The number of imidazole rings is 1. The van der Waals surface area contributed by atoms with Gasteiger partial charge in [-0.2, -0.15) is 0 Å². The van der Waals surface area contributed by atoms with Crippen molar-refractivity contribution in [2.24, 2.45) is 11.7 Å². The normalized spacial score (nSPS) is 17.0. The van der Waals surface area contributed by atoms with E-state index in [1.54, 1.807) is 0 Å². The van der Waals surface area contributed by atoms with Gasteiger partial charge in [0.25, 0.3) is 0 Å². The number of benzene rings is 1. The molecular weight excluding hydrogens is 258 g/mol. The molecule has 0 saturated heterocycles. The second-order valence-corrected chi connectivity index (χ2v) is 6.02. The van der Waals surface area contributed by atoms with Gasteiger partial charge in [-0.25, -0.2) is 4.98 Å². The third-order valence-corrected chi connectivity index (χ3v) is 4.21. The van der Waals surface area contributed by atoms with E-state index in [-0.39, 0.29) is 0 Å². The summed E-state index contributed by atoms with van der Waals surface area (Å²) in [4.78, 5) is 4.78. The lowest BCUT2D eigenvalue weighted by Gasteiger charge is -2.10. The molecule has 1 fully saturated rings. The van der Waals surface area contributed by atoms with E-state index in [1.165, 1.54) is 18.7 Å². The highest BCUT2D eigenvalue weighted by atomic mass is 35.5. The molecule has 102 valence electrons. The van der Waals surface area contributed by atoms with Crippen molar-refractivity contribution in [3.8, 4) is 0 Å². The number of nitrogens with zero attached hydrogens (tertiary/aromatic N) is 2. The van der Waals surface area contributed by atoms with Crippen LogP contribution in [-0.2, 0) is 6.42 Å². The standard InChI is InChI=1S/C15H20ClN3/c1-10(9-17)5-8-14-18-13-4-2-3-12(16)15(13)19(14)11-6-7-11/h2-4,10-11H,5-9,17H2,1H3. The minimum atomic E-state index is 0.544. The van der Waals surface area contributed by atoms with Gasteiger partial charge >= 0.3 is 0 Å². The van der Waals surface area contributed by atoms with Gasteiger partial charge < -0.3 is 10.3 Å². The van der Waals surface area contributed by atoms with Crippen LogP contribution in [0.1, 0.15) is 38.1 Å². The minimum absolute atomic E-state index is 0.544. The lowest BCUT2D eigenvalue weighted by atomic mass is 10.1. The molecule has 1 heterocycles. The number of fused-ring (bicyclic) bond motifs is 1. The molecule has 19 heavy (non-hydrogen) atoms. The van der Waals surface area contributed by atoms with Gasteiger partial charge in [-0.3, -0.25) is 0 Å². The fraction of sp³-hybridized carbons (Fsp3) is 0.533. The van der Waals surface area contributed by atoms with Crippen LogP contribution in [0.2, 0.25) is 5.02 Å². The Hall–Kier alpha value is -1.06. The molecule has 1 aromatic heterocycles. The summed E-state index contributed by atoms with van der Waals surface area (Å²) in [5, 5.41) is 0.815. The van der Waals surface area contributed by atoms with E-state index in [2.05, 4.69) is 17.6 Å². The zero-order chi connectivity index (χ0) is 13.4. The monoisotopic (exact) mass is 277 g/mol. The van der Waals surface area contributed by atoms with Gasteiger partial charge in [-0.1, -0.05) is 24.6 Å². The van der Waals surface area contributed by atoms with Crippen LogP contribution in [0.25, 0.3) is 11.0 Å². The van der Waals surface area contributed by atoms with Crippen LogP contribution in [0.5, 0.6) is 0 Å². The summed E-state index contributed by atoms with van der Waals surface area (Å²) >= 11 is 6.36. The maximum absolute atomic E-state index is 6.36. The largest absolute Gasteiger partial charge is 0.330 e. The Labute approximate surface area is 118 Å². The molecule has 0 radical (unpaired) electrons. The highest BCUT2D eigenvalue weighted by molar-refractivity contribution is 6.35. The van der Waals surface area contributed by atoms with Crippen molar-refractivity contribution in [2.45, 2.75) is 38.6 Å². The van der Waals surface area contributed by atoms with Crippen molar-refractivity contribution in [1.82, 2.24) is 9.55 Å². The maximum atomic E-state index is 6.36. The molecule has 1 atom stereocenters. The Bertz CT molecular complexity index is 586. The Kier molecular flexibility index (Phi) is 3.50. The molecule has 2 aromatic rings. The van der Waals surface area contributed by atoms with Crippen LogP contribution >= 0.6 is 11.6 Å². The van der Waals surface area contributed by atoms with Crippen molar-refractivity contribution >= 4 is 22.6 Å². The number of halogens is 1. The fourth-order valence-electron chi connectivity index (χ4n) is 2.55. The lowest BCUT2D eigenvalue weighted by molar-refractivity contribution is 0.525. The summed E-state index contributed by atoms with van der Waals surface area (Å²) in [7, 11) is 0. The molecule has 0 bridgehead atoms. The van der Waals surface area contributed by atoms with Crippen LogP contribution in [0.15, 0.2) is 18.2 Å². The third-order valence-electron chi connectivity index (χ3n) is 3.91. The van der Waals surface area contributed by atoms with Crippen LogP contribution in [0.4, 0.5) is 0 Å². The van der Waals surface area contributed by atoms with Gasteiger partial charge in [-0.05, 0) is 43.9 Å². The summed E-state index contributed by atoms with van der Waals surface area (Å²) in [5.74, 6) is 1.72. The average molecular weight is 278 g/mol. The second kappa shape index (κ2) is 5.14. The molecule has 1 aliphatic rings. The molecule has 1 aromatic carbocycles. The SMILES string of the molecule is CC(CN)CCc1nc2cccc(Cl)c2n1C1CC1. The van der Waals surface area contributed by atoms with Crippen molar-refractivity contribution in [2.75, 3.05) is 6.54 Å². The minimum Gasteiger partial charge on any atom is -0.330 e. The molecule has 0 amide bonds.